The number of nitrogens with one attached hydrogen (secondary N) is 1. The Balaban J connectivity index is 1.46. The highest BCUT2D eigenvalue weighted by Gasteiger charge is 2.40. The Hall–Kier alpha value is -1.89. The van der Waals surface area contributed by atoms with Crippen LogP contribution in [-0.2, 0) is 19.6 Å². The van der Waals surface area contributed by atoms with Crippen LogP contribution in [0.5, 0.6) is 0 Å². The number of anilines is 1. The Kier molecular flexibility index (Phi) is 5.13. The highest BCUT2D eigenvalue weighted by molar-refractivity contribution is 7.92. The second-order valence-electron chi connectivity index (χ2n) is 7.17. The van der Waals surface area contributed by atoms with Crippen LogP contribution in [0.1, 0.15) is 42.5 Å². The molecule has 0 saturated heterocycles. The molecule has 25 heavy (non-hydrogen) atoms. The summed E-state index contributed by atoms with van der Waals surface area (Å²) in [5, 5.41) is 0. The van der Waals surface area contributed by atoms with Crippen molar-refractivity contribution < 1.29 is 22.7 Å². The van der Waals surface area contributed by atoms with Crippen molar-refractivity contribution >= 4 is 27.5 Å². The summed E-state index contributed by atoms with van der Waals surface area (Å²) in [6.45, 7) is -0.279. The van der Waals surface area contributed by atoms with Crippen molar-refractivity contribution in [3.05, 3.63) is 29.8 Å². The molecule has 6 nitrogen and oxygen atoms in total. The van der Waals surface area contributed by atoms with Crippen molar-refractivity contribution in [3.8, 4) is 0 Å². The van der Waals surface area contributed by atoms with Crippen LogP contribution >= 0.6 is 0 Å². The van der Waals surface area contributed by atoms with Gasteiger partial charge in [-0.1, -0.05) is 6.42 Å². The van der Waals surface area contributed by atoms with Gasteiger partial charge in [0.15, 0.2) is 12.4 Å². The minimum atomic E-state index is -3.35. The van der Waals surface area contributed by atoms with E-state index in [1.54, 1.807) is 0 Å². The van der Waals surface area contributed by atoms with E-state index in [0.29, 0.717) is 29.5 Å². The number of ketones is 1. The fourth-order valence-electron chi connectivity index (χ4n) is 4.07. The lowest BCUT2D eigenvalue weighted by molar-refractivity contribution is -0.144. The normalized spacial score (nSPS) is 24.9. The molecule has 2 saturated carbocycles. The molecule has 0 spiro atoms. The summed E-state index contributed by atoms with van der Waals surface area (Å²) >= 11 is 0. The monoisotopic (exact) mass is 365 g/mol. The molecule has 2 aliphatic rings. The molecule has 3 rings (SSSR count). The molecule has 0 radical (unpaired) electrons. The van der Waals surface area contributed by atoms with Crippen LogP contribution in [0.25, 0.3) is 0 Å². The molecule has 2 bridgehead atoms. The zero-order valence-corrected chi connectivity index (χ0v) is 15.1. The Morgan fingerprint density at radius 3 is 2.44 bits per heavy atom. The Bertz CT molecular complexity index is 756. The predicted molar refractivity (Wildman–Crippen MR) is 93.8 cm³/mol. The van der Waals surface area contributed by atoms with Gasteiger partial charge in [0.05, 0.1) is 6.26 Å². The summed E-state index contributed by atoms with van der Waals surface area (Å²) in [6, 6.07) is 6.04. The number of sulfonamides is 1. The molecule has 0 amide bonds. The third-order valence-corrected chi connectivity index (χ3v) is 5.79. The van der Waals surface area contributed by atoms with Crippen molar-refractivity contribution in [2.45, 2.75) is 32.1 Å². The van der Waals surface area contributed by atoms with Crippen LogP contribution in [0.3, 0.4) is 0 Å². The van der Waals surface area contributed by atoms with Crippen molar-refractivity contribution in [1.82, 2.24) is 0 Å². The third kappa shape index (κ3) is 4.81. The van der Waals surface area contributed by atoms with Crippen LogP contribution in [0.2, 0.25) is 0 Å². The number of hydrogen-bond donors (Lipinski definition) is 1. The summed E-state index contributed by atoms with van der Waals surface area (Å²) in [7, 11) is -3.35. The van der Waals surface area contributed by atoms with Gasteiger partial charge in [0, 0.05) is 17.7 Å². The third-order valence-electron chi connectivity index (χ3n) is 5.19. The SMILES string of the molecule is CS(=O)(=O)Nc1ccc(C(=O)COC(=O)C[C@H]2C[C@H]3CC[C@@H]2C3)cc1. The molecule has 0 unspecified atom stereocenters. The van der Waals surface area contributed by atoms with E-state index in [0.717, 1.165) is 18.6 Å². The van der Waals surface area contributed by atoms with Crippen LogP contribution in [0.4, 0.5) is 5.69 Å². The number of hydrogen-bond acceptors (Lipinski definition) is 5. The molecule has 3 atom stereocenters. The maximum atomic E-state index is 12.1. The lowest BCUT2D eigenvalue weighted by Crippen LogP contribution is -2.19. The van der Waals surface area contributed by atoms with Gasteiger partial charge in [-0.2, -0.15) is 0 Å². The van der Waals surface area contributed by atoms with Gasteiger partial charge < -0.3 is 4.74 Å². The lowest BCUT2D eigenvalue weighted by atomic mass is 9.86. The average molecular weight is 365 g/mol. The maximum absolute atomic E-state index is 12.1. The number of fused-ring (bicyclic) bond motifs is 2. The van der Waals surface area contributed by atoms with Crippen molar-refractivity contribution in [3.63, 3.8) is 0 Å². The van der Waals surface area contributed by atoms with E-state index in [1.807, 2.05) is 0 Å². The van der Waals surface area contributed by atoms with Crippen LogP contribution in [-0.4, -0.2) is 33.0 Å². The van der Waals surface area contributed by atoms with Gasteiger partial charge in [-0.05, 0) is 61.3 Å². The quantitative estimate of drug-likeness (QED) is 0.592. The number of benzene rings is 1. The molecular weight excluding hydrogens is 342 g/mol. The van der Waals surface area contributed by atoms with E-state index in [1.165, 1.54) is 43.5 Å². The molecule has 0 aromatic heterocycles. The largest absolute Gasteiger partial charge is 0.457 e. The highest BCUT2D eigenvalue weighted by atomic mass is 32.2. The Labute approximate surface area is 148 Å². The molecule has 2 fully saturated rings. The Morgan fingerprint density at radius 2 is 1.88 bits per heavy atom. The molecule has 136 valence electrons. The summed E-state index contributed by atoms with van der Waals surface area (Å²) in [5.41, 5.74) is 0.763. The van der Waals surface area contributed by atoms with E-state index < -0.39 is 10.0 Å². The minimum Gasteiger partial charge on any atom is -0.457 e. The first-order valence-corrected chi connectivity index (χ1v) is 10.5. The Morgan fingerprint density at radius 1 is 1.16 bits per heavy atom. The number of carbonyl (C=O) groups is 2. The van der Waals surface area contributed by atoms with E-state index >= 15 is 0 Å². The van der Waals surface area contributed by atoms with Crippen LogP contribution in [0.15, 0.2) is 24.3 Å². The van der Waals surface area contributed by atoms with Gasteiger partial charge in [0.25, 0.3) is 0 Å². The summed E-state index contributed by atoms with van der Waals surface area (Å²) in [5.74, 6) is 1.25. The summed E-state index contributed by atoms with van der Waals surface area (Å²) in [6.07, 6.45) is 6.33. The maximum Gasteiger partial charge on any atom is 0.306 e. The van der Waals surface area contributed by atoms with E-state index in [9.17, 15) is 18.0 Å². The molecule has 2 aliphatic carbocycles. The molecule has 1 aromatic carbocycles. The average Bonchev–Trinajstić information content (AvgIpc) is 3.14. The fraction of sp³-hybridized carbons (Fsp3) is 0.556. The molecule has 1 N–H and O–H groups in total. The zero-order valence-electron chi connectivity index (χ0n) is 14.2. The number of carbonyl (C=O) groups excluding carboxylic acids is 2. The number of esters is 1. The van der Waals surface area contributed by atoms with Gasteiger partial charge in [0.2, 0.25) is 10.0 Å². The van der Waals surface area contributed by atoms with Gasteiger partial charge >= 0.3 is 5.97 Å². The second-order valence-corrected chi connectivity index (χ2v) is 8.92. The number of Topliss-reactive ketones (excluding diaryl/α,β-unsaturated/α-hetero) is 1. The number of rotatable bonds is 7. The topological polar surface area (TPSA) is 89.5 Å². The van der Waals surface area contributed by atoms with Crippen molar-refractivity contribution in [2.24, 2.45) is 17.8 Å². The first-order valence-electron chi connectivity index (χ1n) is 8.57. The van der Waals surface area contributed by atoms with Crippen LogP contribution in [0, 0.1) is 17.8 Å². The molecule has 7 heteroatoms. The fourth-order valence-corrected chi connectivity index (χ4v) is 4.63. The molecule has 0 heterocycles. The first kappa shape index (κ1) is 17.9. The van der Waals surface area contributed by atoms with Gasteiger partial charge in [-0.3, -0.25) is 14.3 Å². The standard InChI is InChI=1S/C18H23NO5S/c1-25(22,23)19-16-6-4-13(5-7-16)17(20)11-24-18(21)10-15-9-12-2-3-14(15)8-12/h4-7,12,14-15,19H,2-3,8-11H2,1H3/t12-,14+,15+/m0/s1. The van der Waals surface area contributed by atoms with E-state index in [2.05, 4.69) is 4.72 Å². The van der Waals surface area contributed by atoms with Crippen LogP contribution < -0.4 is 4.72 Å². The molecule has 1 aromatic rings. The second kappa shape index (κ2) is 7.15. The van der Waals surface area contributed by atoms with E-state index in [-0.39, 0.29) is 18.4 Å². The lowest BCUT2D eigenvalue weighted by Gasteiger charge is -2.20. The van der Waals surface area contributed by atoms with Gasteiger partial charge in [-0.15, -0.1) is 0 Å². The van der Waals surface area contributed by atoms with Crippen molar-refractivity contribution in [2.75, 3.05) is 17.6 Å². The van der Waals surface area contributed by atoms with Crippen molar-refractivity contribution in [1.29, 1.82) is 0 Å². The summed E-state index contributed by atoms with van der Waals surface area (Å²) in [4.78, 5) is 24.1. The smallest absolute Gasteiger partial charge is 0.306 e. The summed E-state index contributed by atoms with van der Waals surface area (Å²) < 4.78 is 29.8. The predicted octanol–water partition coefficient (Wildman–Crippen LogP) is 2.61. The van der Waals surface area contributed by atoms with E-state index in [4.69, 9.17) is 4.74 Å². The highest BCUT2D eigenvalue weighted by Crippen LogP contribution is 2.49. The first-order chi connectivity index (χ1) is 11.8. The zero-order chi connectivity index (χ0) is 18.0. The minimum absolute atomic E-state index is 0.279. The molecule has 0 aliphatic heterocycles. The van der Waals surface area contributed by atoms with Gasteiger partial charge in [-0.25, -0.2) is 8.42 Å². The molecular formula is C18H23NO5S. The van der Waals surface area contributed by atoms with Gasteiger partial charge in [0.1, 0.15) is 0 Å². The number of ether oxygens (including phenoxy) is 1.